The molecular formula is C7H13N5. The molecule has 3 N–H and O–H groups in total. The van der Waals surface area contributed by atoms with Gasteiger partial charge in [0, 0.05) is 11.9 Å². The molecule has 5 nitrogen and oxygen atoms in total. The molecule has 0 aromatic carbocycles. The first-order valence-electron chi connectivity index (χ1n) is 3.42. The lowest BCUT2D eigenvalue weighted by Crippen LogP contribution is -2.29. The van der Waals surface area contributed by atoms with Crippen molar-refractivity contribution in [1.29, 1.82) is 5.41 Å². The van der Waals surface area contributed by atoms with Crippen LogP contribution < -0.4 is 10.9 Å². The Labute approximate surface area is 71.8 Å². The molecule has 0 spiro atoms. The van der Waals surface area contributed by atoms with E-state index in [0.29, 0.717) is 0 Å². The standard InChI is InChI=1S/C7H13N5/c1-4-5-9-11-7(8)12-10-6(2)3/h4-5H,1H2,2-3H3,(H3,8,11,12)/b9-5-. The molecular weight excluding hydrogens is 154 g/mol. The molecule has 0 aromatic heterocycles. The average Bonchev–Trinajstić information content (AvgIpc) is 2.01. The second-order valence-corrected chi connectivity index (χ2v) is 2.17. The van der Waals surface area contributed by atoms with Gasteiger partial charge in [-0.3, -0.25) is 5.41 Å². The van der Waals surface area contributed by atoms with Crippen LogP contribution >= 0.6 is 0 Å². The molecule has 0 atom stereocenters. The van der Waals surface area contributed by atoms with Crippen LogP contribution in [0, 0.1) is 5.41 Å². The van der Waals surface area contributed by atoms with Crippen LogP contribution in [0.5, 0.6) is 0 Å². The summed E-state index contributed by atoms with van der Waals surface area (Å²) in [6.07, 6.45) is 2.95. The summed E-state index contributed by atoms with van der Waals surface area (Å²) < 4.78 is 0. The summed E-state index contributed by atoms with van der Waals surface area (Å²) in [6, 6.07) is 0. The summed E-state index contributed by atoms with van der Waals surface area (Å²) in [7, 11) is 0. The van der Waals surface area contributed by atoms with Crippen molar-refractivity contribution in [3.8, 4) is 0 Å². The fraction of sp³-hybridized carbons (Fsp3) is 0.286. The topological polar surface area (TPSA) is 72.6 Å². The van der Waals surface area contributed by atoms with Gasteiger partial charge >= 0.3 is 0 Å². The molecule has 0 saturated carbocycles. The second kappa shape index (κ2) is 6.09. The minimum atomic E-state index is 0.0225. The number of rotatable bonds is 3. The molecule has 0 amide bonds. The molecule has 0 aliphatic heterocycles. The van der Waals surface area contributed by atoms with Gasteiger partial charge in [0.15, 0.2) is 0 Å². The monoisotopic (exact) mass is 167 g/mol. The minimum Gasteiger partial charge on any atom is -0.266 e. The number of nitrogens with zero attached hydrogens (tertiary/aromatic N) is 2. The zero-order valence-corrected chi connectivity index (χ0v) is 7.26. The highest BCUT2D eigenvalue weighted by molar-refractivity contribution is 5.83. The van der Waals surface area contributed by atoms with E-state index in [-0.39, 0.29) is 5.96 Å². The molecule has 0 fully saturated rings. The Bertz CT molecular complexity index is 212. The third-order valence-corrected chi connectivity index (χ3v) is 0.748. The molecule has 66 valence electrons. The summed E-state index contributed by atoms with van der Waals surface area (Å²) in [5, 5.41) is 14.6. The van der Waals surface area contributed by atoms with Crippen LogP contribution in [-0.4, -0.2) is 17.9 Å². The summed E-state index contributed by atoms with van der Waals surface area (Å²) >= 11 is 0. The molecule has 5 heteroatoms. The van der Waals surface area contributed by atoms with Crippen LogP contribution in [0.15, 0.2) is 22.9 Å². The van der Waals surface area contributed by atoms with Crippen molar-refractivity contribution in [1.82, 2.24) is 10.9 Å². The van der Waals surface area contributed by atoms with Crippen LogP contribution in [0.25, 0.3) is 0 Å². The first-order chi connectivity index (χ1) is 5.66. The lowest BCUT2D eigenvalue weighted by atomic mass is 10.5. The smallest absolute Gasteiger partial charge is 0.230 e. The third kappa shape index (κ3) is 6.47. The van der Waals surface area contributed by atoms with Crippen LogP contribution in [0.2, 0.25) is 0 Å². The number of hydrogen-bond acceptors (Lipinski definition) is 3. The van der Waals surface area contributed by atoms with Crippen molar-refractivity contribution in [2.75, 3.05) is 0 Å². The fourth-order valence-electron chi connectivity index (χ4n) is 0.347. The number of hydrogen-bond donors (Lipinski definition) is 3. The van der Waals surface area contributed by atoms with Crippen molar-refractivity contribution in [2.45, 2.75) is 13.8 Å². The highest BCUT2D eigenvalue weighted by Crippen LogP contribution is 1.69. The van der Waals surface area contributed by atoms with Crippen molar-refractivity contribution < 1.29 is 0 Å². The van der Waals surface area contributed by atoms with Crippen LogP contribution in [0.4, 0.5) is 0 Å². The van der Waals surface area contributed by atoms with Gasteiger partial charge in [-0.1, -0.05) is 6.58 Å². The Hall–Kier alpha value is -1.65. The van der Waals surface area contributed by atoms with Crippen LogP contribution in [-0.2, 0) is 0 Å². The molecule has 12 heavy (non-hydrogen) atoms. The van der Waals surface area contributed by atoms with Crippen LogP contribution in [0.1, 0.15) is 13.8 Å². The Morgan fingerprint density at radius 1 is 1.42 bits per heavy atom. The SMILES string of the molecule is C=C/C=N\NC(=N)NN=C(C)C. The van der Waals surface area contributed by atoms with Crippen molar-refractivity contribution >= 4 is 17.9 Å². The number of hydrazone groups is 2. The van der Waals surface area contributed by atoms with Gasteiger partial charge in [-0.15, -0.1) is 0 Å². The largest absolute Gasteiger partial charge is 0.266 e. The van der Waals surface area contributed by atoms with Gasteiger partial charge in [0.25, 0.3) is 0 Å². The lowest BCUT2D eigenvalue weighted by Gasteiger charge is -2.00. The first-order valence-corrected chi connectivity index (χ1v) is 3.42. The van der Waals surface area contributed by atoms with Gasteiger partial charge in [0.1, 0.15) is 0 Å². The molecule has 0 rings (SSSR count). The van der Waals surface area contributed by atoms with E-state index in [2.05, 4.69) is 27.6 Å². The second-order valence-electron chi connectivity index (χ2n) is 2.17. The molecule has 0 saturated heterocycles. The maximum Gasteiger partial charge on any atom is 0.230 e. The number of nitrogens with one attached hydrogen (secondary N) is 3. The number of allylic oxidation sites excluding steroid dienone is 1. The van der Waals surface area contributed by atoms with E-state index in [1.54, 1.807) is 0 Å². The van der Waals surface area contributed by atoms with Gasteiger partial charge in [-0.25, -0.2) is 10.9 Å². The van der Waals surface area contributed by atoms with E-state index in [9.17, 15) is 0 Å². The first kappa shape index (κ1) is 10.3. The average molecular weight is 167 g/mol. The normalized spacial score (nSPS) is 9.17. The third-order valence-electron chi connectivity index (χ3n) is 0.748. The van der Waals surface area contributed by atoms with Crippen molar-refractivity contribution in [2.24, 2.45) is 10.2 Å². The zero-order valence-electron chi connectivity index (χ0n) is 7.26. The minimum absolute atomic E-state index is 0.0225. The summed E-state index contributed by atoms with van der Waals surface area (Å²) in [4.78, 5) is 0. The Balaban J connectivity index is 3.68. The van der Waals surface area contributed by atoms with Gasteiger partial charge in [0.2, 0.25) is 5.96 Å². The van der Waals surface area contributed by atoms with E-state index in [1.807, 2.05) is 13.8 Å². The van der Waals surface area contributed by atoms with E-state index < -0.39 is 0 Å². The van der Waals surface area contributed by atoms with E-state index in [1.165, 1.54) is 12.3 Å². The fourth-order valence-corrected chi connectivity index (χ4v) is 0.347. The van der Waals surface area contributed by atoms with E-state index in [0.717, 1.165) is 5.71 Å². The van der Waals surface area contributed by atoms with Gasteiger partial charge in [-0.05, 0) is 19.9 Å². The molecule has 0 bridgehead atoms. The van der Waals surface area contributed by atoms with E-state index in [4.69, 9.17) is 5.41 Å². The summed E-state index contributed by atoms with van der Waals surface area (Å²) in [5.41, 5.74) is 5.70. The Kier molecular flexibility index (Phi) is 5.25. The molecule has 0 unspecified atom stereocenters. The summed E-state index contributed by atoms with van der Waals surface area (Å²) in [5.74, 6) is 0.0225. The lowest BCUT2D eigenvalue weighted by molar-refractivity contribution is 0.888. The maximum absolute atomic E-state index is 7.18. The molecule has 0 heterocycles. The maximum atomic E-state index is 7.18. The molecule has 0 aliphatic carbocycles. The zero-order chi connectivity index (χ0) is 9.40. The van der Waals surface area contributed by atoms with Crippen LogP contribution in [0.3, 0.4) is 0 Å². The molecule has 0 aromatic rings. The predicted octanol–water partition coefficient (Wildman–Crippen LogP) is 0.668. The quantitative estimate of drug-likeness (QED) is 0.328. The van der Waals surface area contributed by atoms with Gasteiger partial charge < -0.3 is 0 Å². The predicted molar refractivity (Wildman–Crippen MR) is 51.5 cm³/mol. The van der Waals surface area contributed by atoms with Gasteiger partial charge in [0.05, 0.1) is 0 Å². The van der Waals surface area contributed by atoms with Crippen molar-refractivity contribution in [3.05, 3.63) is 12.7 Å². The van der Waals surface area contributed by atoms with E-state index >= 15 is 0 Å². The summed E-state index contributed by atoms with van der Waals surface area (Å²) in [6.45, 7) is 7.08. The number of guanidine groups is 1. The molecule has 0 aliphatic rings. The van der Waals surface area contributed by atoms with Gasteiger partial charge in [-0.2, -0.15) is 10.2 Å². The highest BCUT2D eigenvalue weighted by Gasteiger charge is 1.86. The Morgan fingerprint density at radius 3 is 2.58 bits per heavy atom. The highest BCUT2D eigenvalue weighted by atomic mass is 15.4. The molecule has 0 radical (unpaired) electrons. The Morgan fingerprint density at radius 2 is 2.08 bits per heavy atom. The van der Waals surface area contributed by atoms with Crippen molar-refractivity contribution in [3.63, 3.8) is 0 Å².